The molecule has 1 atom stereocenters. The Morgan fingerprint density at radius 3 is 2.63 bits per heavy atom. The third-order valence-electron chi connectivity index (χ3n) is 5.60. The van der Waals surface area contributed by atoms with E-state index in [0.717, 1.165) is 10.7 Å². The molecule has 41 heavy (non-hydrogen) atoms. The first-order chi connectivity index (χ1) is 19.8. The Kier molecular flexibility index (Phi) is 13.4. The summed E-state index contributed by atoms with van der Waals surface area (Å²) in [5.74, 6) is 8.14. The first-order valence-corrected chi connectivity index (χ1v) is 13.2. The van der Waals surface area contributed by atoms with Gasteiger partial charge >= 0.3 is 0 Å². The van der Waals surface area contributed by atoms with Crippen molar-refractivity contribution in [2.24, 2.45) is 16.8 Å². The van der Waals surface area contributed by atoms with Gasteiger partial charge in [0.25, 0.3) is 11.8 Å². The van der Waals surface area contributed by atoms with Crippen LogP contribution >= 0.6 is 11.6 Å². The van der Waals surface area contributed by atoms with E-state index >= 15 is 0 Å². The Balaban J connectivity index is 0.00000287. The summed E-state index contributed by atoms with van der Waals surface area (Å²) < 4.78 is 28.8. The van der Waals surface area contributed by atoms with Crippen molar-refractivity contribution in [3.63, 3.8) is 0 Å². The second-order valence-corrected chi connectivity index (χ2v) is 8.78. The molecule has 11 nitrogen and oxygen atoms in total. The lowest BCUT2D eigenvalue weighted by molar-refractivity contribution is 0.0927. The maximum atomic E-state index is 14.4. The number of carbonyl (C=O) groups is 2. The highest BCUT2D eigenvalue weighted by atomic mass is 35.5. The van der Waals surface area contributed by atoms with Crippen molar-refractivity contribution in [1.29, 1.82) is 0 Å². The molecule has 220 valence electrons. The van der Waals surface area contributed by atoms with Crippen molar-refractivity contribution in [3.05, 3.63) is 88.9 Å². The van der Waals surface area contributed by atoms with Crippen molar-refractivity contribution in [2.45, 2.75) is 52.1 Å². The summed E-state index contributed by atoms with van der Waals surface area (Å²) in [5, 5.41) is 12.8. The second-order valence-electron chi connectivity index (χ2n) is 8.37. The number of nitrogens with zero attached hydrogens (tertiary/aromatic N) is 4. The molecule has 3 rings (SSSR count). The van der Waals surface area contributed by atoms with Gasteiger partial charge < -0.3 is 21.9 Å². The molecule has 0 saturated heterocycles. The maximum Gasteiger partial charge on any atom is 0.270 e. The highest BCUT2D eigenvalue weighted by Gasteiger charge is 2.22. The first-order valence-electron chi connectivity index (χ1n) is 12.9. The molecule has 1 unspecified atom stereocenters. The van der Waals surface area contributed by atoms with Gasteiger partial charge in [0.05, 0.1) is 11.2 Å². The Bertz CT molecular complexity index is 1410. The van der Waals surface area contributed by atoms with Crippen molar-refractivity contribution >= 4 is 34.9 Å². The summed E-state index contributed by atoms with van der Waals surface area (Å²) in [7, 11) is 0. The van der Waals surface area contributed by atoms with E-state index in [2.05, 4.69) is 37.8 Å². The predicted octanol–water partition coefficient (Wildman–Crippen LogP) is 3.75. The van der Waals surface area contributed by atoms with Crippen LogP contribution in [0.5, 0.6) is 0 Å². The largest absolute Gasteiger partial charge is 0.348 e. The summed E-state index contributed by atoms with van der Waals surface area (Å²) in [5.41, 5.74) is 2.33. The van der Waals surface area contributed by atoms with Crippen LogP contribution < -0.4 is 27.7 Å². The molecule has 2 heterocycles. The van der Waals surface area contributed by atoms with Crippen LogP contribution in [0.4, 0.5) is 8.78 Å². The lowest BCUT2D eigenvalue weighted by atomic mass is 10.1. The molecule has 3 aromatic rings. The van der Waals surface area contributed by atoms with Crippen molar-refractivity contribution in [3.8, 4) is 0 Å². The number of hydrogen-bond acceptors (Lipinski definition) is 7. The number of hydrazine groups is 1. The monoisotopic (exact) mass is 589 g/mol. The van der Waals surface area contributed by atoms with Crippen LogP contribution in [0.25, 0.3) is 5.65 Å². The Morgan fingerprint density at radius 2 is 1.98 bits per heavy atom. The molecule has 0 spiro atoms. The number of rotatable bonds is 12. The van der Waals surface area contributed by atoms with Crippen LogP contribution in [0, 0.1) is 11.6 Å². The van der Waals surface area contributed by atoms with Crippen LogP contribution in [0.3, 0.4) is 0 Å². The molecular formula is C27H34ClF2N9O2. The molecule has 0 fully saturated rings. The van der Waals surface area contributed by atoms with Crippen molar-refractivity contribution < 1.29 is 18.4 Å². The number of allylic oxidation sites excluding steroid dienone is 1. The molecule has 0 radical (unpaired) electrons. The van der Waals surface area contributed by atoms with Gasteiger partial charge in [-0.05, 0) is 49.5 Å². The van der Waals surface area contributed by atoms with Gasteiger partial charge in [0, 0.05) is 18.7 Å². The Labute approximate surface area is 241 Å². The SMILES string of the molecule is C=CCC(CCC/C=C/C(=N/N)NN)NC(=O)c1cc(C(=O)NCc2ccc(F)c(Cl)c2)nc2c(F)cnn12.CC. The summed E-state index contributed by atoms with van der Waals surface area (Å²) >= 11 is 5.79. The van der Waals surface area contributed by atoms with Gasteiger partial charge in [-0.25, -0.2) is 24.1 Å². The number of nitrogens with one attached hydrogen (secondary N) is 3. The topological polar surface area (TPSA) is 165 Å². The number of benzene rings is 1. The summed E-state index contributed by atoms with van der Waals surface area (Å²) in [6.07, 6.45) is 8.50. The van der Waals surface area contributed by atoms with E-state index < -0.39 is 23.4 Å². The van der Waals surface area contributed by atoms with Crippen LogP contribution in [0.15, 0.2) is 60.4 Å². The predicted molar refractivity (Wildman–Crippen MR) is 155 cm³/mol. The van der Waals surface area contributed by atoms with Crippen LogP contribution in [-0.4, -0.2) is 38.3 Å². The summed E-state index contributed by atoms with van der Waals surface area (Å²) in [6.45, 7) is 7.75. The standard InChI is InChI=1S/C25H28ClF2N9O2.C2H6/c1-2-6-16(7-4-3-5-8-22(35-29)36-30)33-25(39)21-12-20(34-23-19(28)14-32-37(21)23)24(38)31-13-15-9-10-18(27)17(26)11-15;1-2/h2,5,8-12,14,16H,1,3-4,6-7,13,29-30H2,(H,31,38)(H,33,39)(H,35,36);1-2H3/b8-5+;. The van der Waals surface area contributed by atoms with E-state index in [9.17, 15) is 18.4 Å². The molecule has 0 aliphatic rings. The number of hydrogen-bond donors (Lipinski definition) is 5. The number of nitrogens with two attached hydrogens (primary N) is 2. The van der Waals surface area contributed by atoms with Crippen LogP contribution in [0.1, 0.15) is 66.1 Å². The summed E-state index contributed by atoms with van der Waals surface area (Å²) in [4.78, 5) is 30.1. The quantitative estimate of drug-likeness (QED) is 0.0536. The van der Waals surface area contributed by atoms with E-state index in [1.54, 1.807) is 12.2 Å². The van der Waals surface area contributed by atoms with Gasteiger partial charge in [0.15, 0.2) is 17.3 Å². The lowest BCUT2D eigenvalue weighted by Crippen LogP contribution is -2.36. The second kappa shape index (κ2) is 16.7. The van der Waals surface area contributed by atoms with E-state index in [1.165, 1.54) is 24.3 Å². The van der Waals surface area contributed by atoms with Crippen LogP contribution in [-0.2, 0) is 6.54 Å². The molecule has 7 N–H and O–H groups in total. The zero-order valence-corrected chi connectivity index (χ0v) is 23.6. The molecule has 2 amide bonds. The fourth-order valence-corrected chi connectivity index (χ4v) is 3.85. The number of fused-ring (bicyclic) bond motifs is 1. The van der Waals surface area contributed by atoms with Gasteiger partial charge in [-0.2, -0.15) is 10.2 Å². The number of amidine groups is 1. The lowest BCUT2D eigenvalue weighted by Gasteiger charge is -2.17. The number of hydrazone groups is 1. The number of carbonyl (C=O) groups excluding carboxylic acids is 2. The molecule has 0 aliphatic carbocycles. The number of amides is 2. The van der Waals surface area contributed by atoms with E-state index in [-0.39, 0.29) is 34.6 Å². The van der Waals surface area contributed by atoms with Gasteiger partial charge in [0.1, 0.15) is 17.2 Å². The average molecular weight is 590 g/mol. The number of aromatic nitrogens is 3. The highest BCUT2D eigenvalue weighted by molar-refractivity contribution is 6.30. The molecular weight excluding hydrogens is 556 g/mol. The van der Waals surface area contributed by atoms with E-state index in [4.69, 9.17) is 23.3 Å². The van der Waals surface area contributed by atoms with Gasteiger partial charge in [-0.15, -0.1) is 6.58 Å². The summed E-state index contributed by atoms with van der Waals surface area (Å²) in [6, 6.07) is 4.95. The smallest absolute Gasteiger partial charge is 0.270 e. The molecule has 14 heteroatoms. The fourth-order valence-electron chi connectivity index (χ4n) is 3.65. The zero-order valence-electron chi connectivity index (χ0n) is 22.8. The Morgan fingerprint density at radius 1 is 1.22 bits per heavy atom. The van der Waals surface area contributed by atoms with E-state index in [0.29, 0.717) is 37.1 Å². The van der Waals surface area contributed by atoms with E-state index in [1.807, 2.05) is 19.9 Å². The zero-order chi connectivity index (χ0) is 30.4. The van der Waals surface area contributed by atoms with Crippen molar-refractivity contribution in [1.82, 2.24) is 30.7 Å². The minimum Gasteiger partial charge on any atom is -0.348 e. The molecule has 2 aromatic heterocycles. The third-order valence-corrected chi connectivity index (χ3v) is 5.89. The highest BCUT2D eigenvalue weighted by Crippen LogP contribution is 2.17. The Hall–Kier alpha value is -4.36. The first kappa shape index (κ1) is 32.8. The molecule has 0 bridgehead atoms. The molecule has 0 aliphatic heterocycles. The molecule has 1 aromatic carbocycles. The third kappa shape index (κ3) is 9.36. The fraction of sp³-hybridized carbons (Fsp3) is 0.296. The minimum atomic E-state index is -0.800. The molecule has 0 saturated carbocycles. The van der Waals surface area contributed by atoms with Gasteiger partial charge in [-0.3, -0.25) is 9.59 Å². The van der Waals surface area contributed by atoms with Gasteiger partial charge in [0.2, 0.25) is 0 Å². The number of halogens is 3. The van der Waals surface area contributed by atoms with Crippen molar-refractivity contribution in [2.75, 3.05) is 0 Å². The maximum absolute atomic E-state index is 14.4. The van der Waals surface area contributed by atoms with Crippen LogP contribution in [0.2, 0.25) is 5.02 Å². The van der Waals surface area contributed by atoms with Gasteiger partial charge in [-0.1, -0.05) is 43.7 Å². The normalized spacial score (nSPS) is 12.0. The minimum absolute atomic E-state index is 0.00475. The average Bonchev–Trinajstić information content (AvgIpc) is 3.36. The number of unbranched alkanes of at least 4 members (excludes halogenated alkanes) is 1.